The lowest BCUT2D eigenvalue weighted by atomic mass is 9.85. The van der Waals surface area contributed by atoms with Crippen LogP contribution in [0.4, 0.5) is 13.2 Å². The summed E-state index contributed by atoms with van der Waals surface area (Å²) in [6.45, 7) is 0.142. The first-order valence-corrected chi connectivity index (χ1v) is 4.26. The van der Waals surface area contributed by atoms with Gasteiger partial charge in [-0.25, -0.2) is 0 Å². The van der Waals surface area contributed by atoms with Crippen LogP contribution < -0.4 is 0 Å². The summed E-state index contributed by atoms with van der Waals surface area (Å²) >= 11 is 0. The van der Waals surface area contributed by atoms with Crippen molar-refractivity contribution in [1.29, 1.82) is 0 Å². The van der Waals surface area contributed by atoms with E-state index in [9.17, 15) is 32.9 Å². The average molecular weight is 241 g/mol. The highest BCUT2D eigenvalue weighted by atomic mass is 19.4. The Bertz CT molecular complexity index is 299. The minimum absolute atomic E-state index is 0.810. The molecule has 0 aromatic rings. The Morgan fingerprint density at radius 3 is 1.81 bits per heavy atom. The van der Waals surface area contributed by atoms with Crippen LogP contribution >= 0.6 is 0 Å². The first kappa shape index (κ1) is 14.5. The summed E-state index contributed by atoms with van der Waals surface area (Å²) in [5, 5.41) is 10.1. The van der Waals surface area contributed by atoms with Crippen LogP contribution in [0.25, 0.3) is 0 Å². The van der Waals surface area contributed by atoms with Gasteiger partial charge in [0, 0.05) is 4.92 Å². The molecule has 0 fully saturated rings. The van der Waals surface area contributed by atoms with E-state index in [1.54, 1.807) is 0 Å². The van der Waals surface area contributed by atoms with Crippen LogP contribution in [0.5, 0.6) is 0 Å². The van der Waals surface area contributed by atoms with Crippen LogP contribution in [0.3, 0.4) is 0 Å². The fraction of sp³-hybridized carbons (Fsp3) is 0.750. The van der Waals surface area contributed by atoms with Gasteiger partial charge in [-0.1, -0.05) is 0 Å². The molecule has 0 bridgehead atoms. The molecule has 0 aromatic carbocycles. The van der Waals surface area contributed by atoms with Gasteiger partial charge in [0.2, 0.25) is 6.54 Å². The Balaban J connectivity index is 5.21. The average Bonchev–Trinajstić information content (AvgIpc) is 1.98. The van der Waals surface area contributed by atoms with E-state index in [4.69, 9.17) is 0 Å². The van der Waals surface area contributed by atoms with Crippen molar-refractivity contribution in [1.82, 2.24) is 0 Å². The highest BCUT2D eigenvalue weighted by Gasteiger charge is 2.51. The molecule has 0 saturated heterocycles. The molecule has 0 aromatic heterocycles. The zero-order valence-electron chi connectivity index (χ0n) is 8.58. The molecule has 0 unspecified atom stereocenters. The Labute approximate surface area is 88.8 Å². The molecule has 0 rings (SSSR count). The predicted molar refractivity (Wildman–Crippen MR) is 46.3 cm³/mol. The molecular weight excluding hydrogens is 231 g/mol. The van der Waals surface area contributed by atoms with E-state index in [2.05, 4.69) is 0 Å². The van der Waals surface area contributed by atoms with Crippen molar-refractivity contribution < 1.29 is 27.7 Å². The Kier molecular flexibility index (Phi) is 4.58. The number of rotatable bonds is 5. The van der Waals surface area contributed by atoms with Crippen LogP contribution in [-0.2, 0) is 9.59 Å². The lowest BCUT2D eigenvalue weighted by Gasteiger charge is -2.22. The third-order valence-corrected chi connectivity index (χ3v) is 2.04. The number of alkyl halides is 3. The highest BCUT2D eigenvalue weighted by Crippen LogP contribution is 2.33. The smallest absolute Gasteiger partial charge is 0.299 e. The number of Topliss-reactive ketones (excluding diaryl/α,β-unsaturated/α-hetero) is 2. The third-order valence-electron chi connectivity index (χ3n) is 2.04. The highest BCUT2D eigenvalue weighted by molar-refractivity contribution is 6.00. The minimum Gasteiger partial charge on any atom is -0.299 e. The fourth-order valence-electron chi connectivity index (χ4n) is 1.41. The zero-order chi connectivity index (χ0) is 13.1. The van der Waals surface area contributed by atoms with Crippen molar-refractivity contribution in [2.75, 3.05) is 6.54 Å². The first-order chi connectivity index (χ1) is 7.07. The van der Waals surface area contributed by atoms with Crippen molar-refractivity contribution in [3.05, 3.63) is 10.1 Å². The first-order valence-electron chi connectivity index (χ1n) is 4.26. The molecule has 8 heteroatoms. The van der Waals surface area contributed by atoms with Crippen LogP contribution in [0, 0.1) is 22.0 Å². The van der Waals surface area contributed by atoms with Gasteiger partial charge in [0.1, 0.15) is 17.5 Å². The van der Waals surface area contributed by atoms with E-state index >= 15 is 0 Å². The van der Waals surface area contributed by atoms with E-state index in [-0.39, 0.29) is 0 Å². The topological polar surface area (TPSA) is 77.3 Å². The third kappa shape index (κ3) is 3.95. The number of nitro groups is 1. The van der Waals surface area contributed by atoms with Gasteiger partial charge >= 0.3 is 6.18 Å². The molecule has 0 aliphatic carbocycles. The van der Waals surface area contributed by atoms with Crippen LogP contribution in [-0.4, -0.2) is 29.2 Å². The quantitative estimate of drug-likeness (QED) is 0.412. The normalized spacial score (nSPS) is 13.6. The summed E-state index contributed by atoms with van der Waals surface area (Å²) in [6.07, 6.45) is -4.95. The van der Waals surface area contributed by atoms with Gasteiger partial charge in [0.25, 0.3) is 0 Å². The van der Waals surface area contributed by atoms with Gasteiger partial charge in [0.15, 0.2) is 0 Å². The van der Waals surface area contributed by atoms with Crippen molar-refractivity contribution in [2.24, 2.45) is 11.8 Å². The molecule has 0 amide bonds. The lowest BCUT2D eigenvalue weighted by Crippen LogP contribution is -2.42. The summed E-state index contributed by atoms with van der Waals surface area (Å²) in [6, 6.07) is 0. The van der Waals surface area contributed by atoms with Crippen molar-refractivity contribution in [3.63, 3.8) is 0 Å². The molecule has 0 aliphatic rings. The van der Waals surface area contributed by atoms with E-state index < -0.39 is 41.0 Å². The van der Waals surface area contributed by atoms with Crippen LogP contribution in [0.1, 0.15) is 13.8 Å². The SMILES string of the molecule is CC(=O)C(C(C)=O)[C@H](C[N+](=O)[O-])C(F)(F)F. The van der Waals surface area contributed by atoms with Gasteiger partial charge in [0.05, 0.1) is 5.92 Å². The second kappa shape index (κ2) is 5.04. The molecular formula is C8H10F3NO4. The molecule has 92 valence electrons. The monoisotopic (exact) mass is 241 g/mol. The van der Waals surface area contributed by atoms with Crippen molar-refractivity contribution in [2.45, 2.75) is 20.0 Å². The molecule has 0 saturated carbocycles. The Hall–Kier alpha value is -1.47. The summed E-state index contributed by atoms with van der Waals surface area (Å²) in [5.41, 5.74) is 0. The van der Waals surface area contributed by atoms with Gasteiger partial charge in [-0.3, -0.25) is 19.7 Å². The summed E-state index contributed by atoms with van der Waals surface area (Å²) in [7, 11) is 0. The molecule has 0 N–H and O–H groups in total. The maximum Gasteiger partial charge on any atom is 0.399 e. The zero-order valence-corrected chi connectivity index (χ0v) is 8.58. The number of hydrogen-bond acceptors (Lipinski definition) is 4. The van der Waals surface area contributed by atoms with Crippen LogP contribution in [0.2, 0.25) is 0 Å². The van der Waals surface area contributed by atoms with Gasteiger partial charge in [-0.05, 0) is 13.8 Å². The largest absolute Gasteiger partial charge is 0.399 e. The second-order valence-corrected chi connectivity index (χ2v) is 3.36. The van der Waals surface area contributed by atoms with E-state index in [1.807, 2.05) is 0 Å². The fourth-order valence-corrected chi connectivity index (χ4v) is 1.41. The van der Waals surface area contributed by atoms with Crippen LogP contribution in [0.15, 0.2) is 0 Å². The molecule has 0 heterocycles. The second-order valence-electron chi connectivity index (χ2n) is 3.36. The molecule has 1 atom stereocenters. The van der Waals surface area contributed by atoms with Crippen molar-refractivity contribution in [3.8, 4) is 0 Å². The number of carbonyl (C=O) groups excluding carboxylic acids is 2. The Morgan fingerprint density at radius 2 is 1.62 bits per heavy atom. The molecule has 5 nitrogen and oxygen atoms in total. The number of hydrogen-bond donors (Lipinski definition) is 0. The van der Waals surface area contributed by atoms with E-state index in [0.29, 0.717) is 0 Å². The maximum atomic E-state index is 12.4. The number of carbonyl (C=O) groups is 2. The van der Waals surface area contributed by atoms with Gasteiger partial charge < -0.3 is 0 Å². The van der Waals surface area contributed by atoms with E-state index in [0.717, 1.165) is 13.8 Å². The van der Waals surface area contributed by atoms with Crippen molar-refractivity contribution >= 4 is 11.6 Å². The van der Waals surface area contributed by atoms with Gasteiger partial charge in [-0.15, -0.1) is 0 Å². The summed E-state index contributed by atoms with van der Waals surface area (Å²) in [4.78, 5) is 30.7. The molecule has 0 aliphatic heterocycles. The molecule has 0 spiro atoms. The summed E-state index contributed by atoms with van der Waals surface area (Å²) in [5.74, 6) is -6.59. The van der Waals surface area contributed by atoms with E-state index in [1.165, 1.54) is 0 Å². The number of ketones is 2. The minimum atomic E-state index is -4.95. The number of halogens is 3. The Morgan fingerprint density at radius 1 is 1.25 bits per heavy atom. The number of nitrogens with zero attached hydrogens (tertiary/aromatic N) is 1. The van der Waals surface area contributed by atoms with Gasteiger partial charge in [-0.2, -0.15) is 13.2 Å². The molecule has 16 heavy (non-hydrogen) atoms. The summed E-state index contributed by atoms with van der Waals surface area (Å²) < 4.78 is 37.3. The standard InChI is InChI=1S/C8H10F3NO4/c1-4(13)7(5(2)14)6(3-12(15)16)8(9,10)11/h6-7H,3H2,1-2H3/t6-/m0/s1. The maximum absolute atomic E-state index is 12.4. The predicted octanol–water partition coefficient (Wildman–Crippen LogP) is 1.24. The molecule has 0 radical (unpaired) electrons. The lowest BCUT2D eigenvalue weighted by molar-refractivity contribution is -0.498.